The Morgan fingerprint density at radius 1 is 1.43 bits per heavy atom. The van der Waals surface area contributed by atoms with Gasteiger partial charge in [0.25, 0.3) is 5.91 Å². The number of rotatable bonds is 3. The molecule has 0 aliphatic heterocycles. The van der Waals surface area contributed by atoms with Gasteiger partial charge in [-0.2, -0.15) is 0 Å². The van der Waals surface area contributed by atoms with E-state index in [-0.39, 0.29) is 19.7 Å². The molecule has 0 unspecified atom stereocenters. The van der Waals surface area contributed by atoms with Crippen LogP contribution in [0.4, 0.5) is 0 Å². The average molecular weight is 193 g/mol. The van der Waals surface area contributed by atoms with Crippen molar-refractivity contribution in [2.75, 3.05) is 6.54 Å². The Kier molecular flexibility index (Phi) is 3.40. The Hall–Kier alpha value is -1.64. The number of benzene rings is 1. The maximum absolute atomic E-state index is 11.4. The third kappa shape index (κ3) is 3.01. The zero-order chi connectivity index (χ0) is 10.6. The van der Waals surface area contributed by atoms with E-state index in [1.54, 1.807) is 12.1 Å². The molecule has 0 saturated heterocycles. The van der Waals surface area contributed by atoms with Crippen LogP contribution in [0.1, 0.15) is 24.3 Å². The molecule has 0 heterocycles. The van der Waals surface area contributed by atoms with E-state index in [4.69, 9.17) is 0 Å². The highest BCUT2D eigenvalue weighted by molar-refractivity contribution is 5.96. The summed E-state index contributed by atoms with van der Waals surface area (Å²) in [6, 6.07) is 7.25. The molecule has 1 aromatic carbocycles. The third-order valence-electron chi connectivity index (χ3n) is 1.78. The molecular weight excluding hydrogens is 178 g/mol. The smallest absolute Gasteiger partial charge is 0.251 e. The summed E-state index contributed by atoms with van der Waals surface area (Å²) in [7, 11) is 0. The standard InChI is InChI=1S/C11H13NO2.H2/c1-8-4-3-5-10(6-8)11(14)12-7-9(2)13;/h3-6H,7H2,1-2H3,(H,12,14);1H. The van der Waals surface area contributed by atoms with E-state index in [2.05, 4.69) is 5.32 Å². The van der Waals surface area contributed by atoms with Gasteiger partial charge in [0.1, 0.15) is 5.78 Å². The van der Waals surface area contributed by atoms with E-state index in [0.29, 0.717) is 5.56 Å². The van der Waals surface area contributed by atoms with Crippen molar-refractivity contribution >= 4 is 11.7 Å². The van der Waals surface area contributed by atoms with Crippen molar-refractivity contribution < 1.29 is 11.0 Å². The summed E-state index contributed by atoms with van der Waals surface area (Å²) >= 11 is 0. The minimum atomic E-state index is -0.205. The van der Waals surface area contributed by atoms with Crippen LogP contribution in [-0.2, 0) is 4.79 Å². The number of Topliss-reactive ketones (excluding diaryl/α,β-unsaturated/α-hetero) is 1. The Bertz CT molecular complexity index is 363. The molecule has 3 nitrogen and oxygen atoms in total. The van der Waals surface area contributed by atoms with E-state index >= 15 is 0 Å². The second-order valence-electron chi connectivity index (χ2n) is 3.25. The Morgan fingerprint density at radius 2 is 2.14 bits per heavy atom. The predicted octanol–water partition coefficient (Wildman–Crippen LogP) is 1.56. The molecule has 76 valence electrons. The lowest BCUT2D eigenvalue weighted by Crippen LogP contribution is -2.28. The second kappa shape index (κ2) is 4.56. The van der Waals surface area contributed by atoms with Crippen LogP contribution in [-0.4, -0.2) is 18.2 Å². The molecule has 1 aromatic rings. The largest absolute Gasteiger partial charge is 0.345 e. The molecule has 0 bridgehead atoms. The van der Waals surface area contributed by atoms with Gasteiger partial charge in [0.2, 0.25) is 0 Å². The normalized spacial score (nSPS) is 9.57. The minimum absolute atomic E-state index is 0. The monoisotopic (exact) mass is 193 g/mol. The molecule has 0 aliphatic carbocycles. The number of ketones is 1. The average Bonchev–Trinajstić information content (AvgIpc) is 2.14. The molecule has 0 saturated carbocycles. The Balaban J connectivity index is 0.00000196. The van der Waals surface area contributed by atoms with Crippen molar-refractivity contribution in [2.45, 2.75) is 13.8 Å². The fourth-order valence-corrected chi connectivity index (χ4v) is 1.09. The lowest BCUT2D eigenvalue weighted by Gasteiger charge is -2.03. The predicted molar refractivity (Wildman–Crippen MR) is 56.3 cm³/mol. The highest BCUT2D eigenvalue weighted by atomic mass is 16.2. The quantitative estimate of drug-likeness (QED) is 0.791. The van der Waals surface area contributed by atoms with Gasteiger partial charge in [-0.05, 0) is 26.0 Å². The molecule has 1 N–H and O–H groups in total. The van der Waals surface area contributed by atoms with E-state index in [0.717, 1.165) is 5.56 Å². The summed E-state index contributed by atoms with van der Waals surface area (Å²) in [5.41, 5.74) is 1.62. The summed E-state index contributed by atoms with van der Waals surface area (Å²) < 4.78 is 0. The van der Waals surface area contributed by atoms with Gasteiger partial charge in [0.05, 0.1) is 6.54 Å². The minimum Gasteiger partial charge on any atom is -0.345 e. The highest BCUT2D eigenvalue weighted by Crippen LogP contribution is 2.03. The summed E-state index contributed by atoms with van der Waals surface area (Å²) in [5, 5.41) is 2.54. The van der Waals surface area contributed by atoms with Crippen LogP contribution in [0.3, 0.4) is 0 Å². The van der Waals surface area contributed by atoms with Crippen LogP contribution < -0.4 is 5.32 Å². The SMILES string of the molecule is CC(=O)CNC(=O)c1cccc(C)c1.[HH]. The Labute approximate surface area is 84.6 Å². The van der Waals surface area contributed by atoms with Gasteiger partial charge in [-0.3, -0.25) is 9.59 Å². The van der Waals surface area contributed by atoms with E-state index in [1.165, 1.54) is 6.92 Å². The molecule has 0 aliphatic rings. The zero-order valence-electron chi connectivity index (χ0n) is 8.33. The van der Waals surface area contributed by atoms with Crippen molar-refractivity contribution in [1.82, 2.24) is 5.32 Å². The van der Waals surface area contributed by atoms with Gasteiger partial charge in [-0.25, -0.2) is 0 Å². The molecule has 3 heteroatoms. The van der Waals surface area contributed by atoms with Crippen LogP contribution in [0.2, 0.25) is 0 Å². The molecule has 0 atom stereocenters. The van der Waals surface area contributed by atoms with Crippen molar-refractivity contribution in [2.24, 2.45) is 0 Å². The van der Waals surface area contributed by atoms with E-state index in [1.807, 2.05) is 19.1 Å². The van der Waals surface area contributed by atoms with Crippen molar-refractivity contribution in [3.63, 3.8) is 0 Å². The fraction of sp³-hybridized carbons (Fsp3) is 0.273. The van der Waals surface area contributed by atoms with Gasteiger partial charge in [-0.15, -0.1) is 0 Å². The molecule has 1 amide bonds. The molecule has 1 rings (SSSR count). The summed E-state index contributed by atoms with van der Waals surface area (Å²) in [5.74, 6) is -0.255. The van der Waals surface area contributed by atoms with Gasteiger partial charge in [-0.1, -0.05) is 17.7 Å². The zero-order valence-corrected chi connectivity index (χ0v) is 8.33. The second-order valence-corrected chi connectivity index (χ2v) is 3.25. The first kappa shape index (κ1) is 10.4. The van der Waals surface area contributed by atoms with Gasteiger partial charge < -0.3 is 5.32 Å². The van der Waals surface area contributed by atoms with Crippen LogP contribution in [0.15, 0.2) is 24.3 Å². The lowest BCUT2D eigenvalue weighted by molar-refractivity contribution is -0.116. The number of hydrogen-bond donors (Lipinski definition) is 1. The Morgan fingerprint density at radius 3 is 2.71 bits per heavy atom. The van der Waals surface area contributed by atoms with Gasteiger partial charge >= 0.3 is 0 Å². The highest BCUT2D eigenvalue weighted by Gasteiger charge is 2.04. The van der Waals surface area contributed by atoms with Crippen LogP contribution in [0, 0.1) is 6.92 Å². The van der Waals surface area contributed by atoms with Crippen molar-refractivity contribution in [3.05, 3.63) is 35.4 Å². The fourth-order valence-electron chi connectivity index (χ4n) is 1.09. The maximum Gasteiger partial charge on any atom is 0.251 e. The first-order valence-electron chi connectivity index (χ1n) is 4.44. The maximum atomic E-state index is 11.4. The number of carbonyl (C=O) groups excluding carboxylic acids is 2. The van der Waals surface area contributed by atoms with E-state index in [9.17, 15) is 9.59 Å². The van der Waals surface area contributed by atoms with Crippen LogP contribution in [0.5, 0.6) is 0 Å². The molecular formula is C11H15NO2. The molecule has 0 fully saturated rings. The third-order valence-corrected chi connectivity index (χ3v) is 1.78. The van der Waals surface area contributed by atoms with Crippen LogP contribution in [0.25, 0.3) is 0 Å². The molecule has 14 heavy (non-hydrogen) atoms. The number of hydrogen-bond acceptors (Lipinski definition) is 2. The summed E-state index contributed by atoms with van der Waals surface area (Å²) in [6.07, 6.45) is 0. The summed E-state index contributed by atoms with van der Waals surface area (Å²) in [4.78, 5) is 22.1. The number of nitrogens with one attached hydrogen (secondary N) is 1. The van der Waals surface area contributed by atoms with Crippen LogP contribution >= 0.6 is 0 Å². The van der Waals surface area contributed by atoms with Crippen molar-refractivity contribution in [1.29, 1.82) is 0 Å². The first-order chi connectivity index (χ1) is 6.59. The first-order valence-corrected chi connectivity index (χ1v) is 4.44. The molecule has 0 radical (unpaired) electrons. The topological polar surface area (TPSA) is 46.2 Å². The van der Waals surface area contributed by atoms with Gasteiger partial charge in [0, 0.05) is 6.99 Å². The number of amides is 1. The number of carbonyl (C=O) groups is 2. The molecule has 0 spiro atoms. The van der Waals surface area contributed by atoms with Crippen molar-refractivity contribution in [3.8, 4) is 0 Å². The van der Waals surface area contributed by atoms with Gasteiger partial charge in [0.15, 0.2) is 0 Å². The number of aryl methyl sites for hydroxylation is 1. The van der Waals surface area contributed by atoms with E-state index < -0.39 is 0 Å². The molecule has 0 aromatic heterocycles. The lowest BCUT2D eigenvalue weighted by atomic mass is 10.1. The summed E-state index contributed by atoms with van der Waals surface area (Å²) in [6.45, 7) is 3.45.